The monoisotopic (exact) mass is 163 g/mol. The fraction of sp³-hybridized carbons (Fsp3) is 0.600. The third-order valence-electron chi connectivity index (χ3n) is 0.843. The van der Waals surface area contributed by atoms with Crippen LogP contribution in [0.25, 0.3) is 0 Å². The van der Waals surface area contributed by atoms with E-state index in [2.05, 4.69) is 4.99 Å². The molecule has 0 atom stereocenters. The van der Waals surface area contributed by atoms with Gasteiger partial charge in [0.15, 0.2) is 5.96 Å². The highest BCUT2D eigenvalue weighted by Gasteiger charge is 1.93. The van der Waals surface area contributed by atoms with Gasteiger partial charge in [0.1, 0.15) is 0 Å². The molecule has 11 heavy (non-hydrogen) atoms. The lowest BCUT2D eigenvalue weighted by molar-refractivity contribution is -0.137. The quantitative estimate of drug-likeness (QED) is 0.258. The number of aliphatic imine (C=N–C) groups is 1. The summed E-state index contributed by atoms with van der Waals surface area (Å²) in [5, 5.41) is 8.17. The number of hydrogen-bond acceptors (Lipinski definition) is 2. The molecule has 0 saturated carbocycles. The maximum atomic E-state index is 9.93. The lowest BCUT2D eigenvalue weighted by Gasteiger charge is -1.91. The largest absolute Gasteiger partial charge is 0.481 e. The molecule has 0 bridgehead atoms. The van der Waals surface area contributed by atoms with Crippen LogP contribution in [0.3, 0.4) is 0 Å². The van der Waals surface area contributed by atoms with Crippen molar-refractivity contribution in [2.24, 2.45) is 16.5 Å². The van der Waals surface area contributed by atoms with Crippen LogP contribution in [0, 0.1) is 0 Å². The van der Waals surface area contributed by atoms with Crippen LogP contribution in [-0.2, 0) is 4.79 Å². The van der Waals surface area contributed by atoms with Gasteiger partial charge in [-0.2, -0.15) is 0 Å². The summed E-state index contributed by atoms with van der Waals surface area (Å²) in [7, 11) is 0. The maximum absolute atomic E-state index is 9.93. The number of nitrogens with zero attached hydrogens (tertiary/aromatic N) is 1. The van der Waals surface area contributed by atoms with E-state index in [1.54, 1.807) is 0 Å². The second-order valence-corrected chi connectivity index (χ2v) is 1.80. The van der Waals surface area contributed by atoms with E-state index in [1.807, 2.05) is 0 Å². The van der Waals surface area contributed by atoms with Crippen LogP contribution in [0.15, 0.2) is 4.99 Å². The van der Waals surface area contributed by atoms with Crippen molar-refractivity contribution in [2.75, 3.05) is 6.54 Å². The van der Waals surface area contributed by atoms with Gasteiger partial charge in [0.05, 0.1) is 0 Å². The number of hydrogen-bond donors (Lipinski definition) is 3. The van der Waals surface area contributed by atoms with E-state index in [0.29, 0.717) is 13.0 Å². The van der Waals surface area contributed by atoms with E-state index in [4.69, 9.17) is 16.6 Å². The Morgan fingerprint density at radius 3 is 2.36 bits per heavy atom. The number of aliphatic carboxylic acids is 1. The van der Waals surface area contributed by atoms with Crippen LogP contribution in [0.5, 0.6) is 0 Å². The minimum absolute atomic E-state index is 0. The Hall–Kier alpha value is -1.30. The Kier molecular flexibility index (Phi) is 7.67. The van der Waals surface area contributed by atoms with Gasteiger partial charge < -0.3 is 22.1 Å². The first kappa shape index (κ1) is 12.4. The lowest BCUT2D eigenvalue weighted by atomic mass is 10.3. The van der Waals surface area contributed by atoms with Gasteiger partial charge in [0, 0.05) is 13.0 Å². The third-order valence-corrected chi connectivity index (χ3v) is 0.843. The van der Waals surface area contributed by atoms with Crippen LogP contribution in [0.1, 0.15) is 12.8 Å². The zero-order valence-corrected chi connectivity index (χ0v) is 6.08. The SMILES string of the molecule is NC(N)=NCCCC(=O)O.O. The summed E-state index contributed by atoms with van der Waals surface area (Å²) in [5.74, 6) is -0.823. The molecule has 66 valence electrons. The van der Waals surface area contributed by atoms with E-state index >= 15 is 0 Å². The molecule has 0 unspecified atom stereocenters. The summed E-state index contributed by atoms with van der Waals surface area (Å²) in [5.41, 5.74) is 9.98. The molecule has 6 heteroatoms. The molecule has 0 spiro atoms. The predicted octanol–water partition coefficient (Wildman–Crippen LogP) is -1.70. The van der Waals surface area contributed by atoms with E-state index in [-0.39, 0.29) is 17.9 Å². The molecule has 0 aliphatic rings. The minimum Gasteiger partial charge on any atom is -0.481 e. The molecule has 0 aromatic carbocycles. The molecule has 0 amide bonds. The Morgan fingerprint density at radius 1 is 1.45 bits per heavy atom. The molecule has 0 aliphatic heterocycles. The van der Waals surface area contributed by atoms with Gasteiger partial charge in [-0.15, -0.1) is 0 Å². The van der Waals surface area contributed by atoms with Gasteiger partial charge in [-0.3, -0.25) is 9.79 Å². The Morgan fingerprint density at radius 2 is 2.00 bits per heavy atom. The average Bonchev–Trinajstić information content (AvgIpc) is 1.79. The molecule has 0 radical (unpaired) electrons. The first-order valence-electron chi connectivity index (χ1n) is 2.90. The molecule has 7 N–H and O–H groups in total. The summed E-state index contributed by atoms with van der Waals surface area (Å²) in [6.07, 6.45) is 0.587. The second kappa shape index (κ2) is 6.81. The number of carboxylic acids is 1. The summed E-state index contributed by atoms with van der Waals surface area (Å²) < 4.78 is 0. The van der Waals surface area contributed by atoms with Gasteiger partial charge in [0.25, 0.3) is 0 Å². The van der Waals surface area contributed by atoms with Crippen LogP contribution >= 0.6 is 0 Å². The van der Waals surface area contributed by atoms with E-state index in [1.165, 1.54) is 0 Å². The average molecular weight is 163 g/mol. The van der Waals surface area contributed by atoms with Gasteiger partial charge in [-0.25, -0.2) is 0 Å². The molecule has 0 heterocycles. The zero-order chi connectivity index (χ0) is 7.98. The van der Waals surface area contributed by atoms with E-state index in [9.17, 15) is 4.79 Å². The van der Waals surface area contributed by atoms with Gasteiger partial charge in [-0.1, -0.05) is 0 Å². The normalized spacial score (nSPS) is 8.00. The van der Waals surface area contributed by atoms with Crippen LogP contribution < -0.4 is 11.5 Å². The maximum Gasteiger partial charge on any atom is 0.303 e. The summed E-state index contributed by atoms with van der Waals surface area (Å²) >= 11 is 0. The first-order valence-corrected chi connectivity index (χ1v) is 2.90. The van der Waals surface area contributed by atoms with Crippen molar-refractivity contribution in [3.63, 3.8) is 0 Å². The first-order chi connectivity index (χ1) is 4.63. The fourth-order valence-corrected chi connectivity index (χ4v) is 0.438. The molecular weight excluding hydrogens is 150 g/mol. The number of nitrogens with two attached hydrogens (primary N) is 2. The Balaban J connectivity index is 0. The number of carbonyl (C=O) groups is 1. The topological polar surface area (TPSA) is 133 Å². The smallest absolute Gasteiger partial charge is 0.303 e. The lowest BCUT2D eigenvalue weighted by Crippen LogP contribution is -2.23. The van der Waals surface area contributed by atoms with E-state index < -0.39 is 5.97 Å². The third kappa shape index (κ3) is 12.0. The number of rotatable bonds is 4. The second-order valence-electron chi connectivity index (χ2n) is 1.80. The highest BCUT2D eigenvalue weighted by molar-refractivity contribution is 5.75. The highest BCUT2D eigenvalue weighted by Crippen LogP contribution is 1.87. The standard InChI is InChI=1S/C5H11N3O2.H2O/c6-5(7)8-3-1-2-4(9)10;/h1-3H2,(H,9,10)(H4,6,7,8);1H2. The molecule has 0 saturated heterocycles. The molecule has 0 rings (SSSR count). The van der Waals surface area contributed by atoms with Crippen molar-refractivity contribution >= 4 is 11.9 Å². The molecular formula is C5H13N3O3. The van der Waals surface area contributed by atoms with Gasteiger partial charge >= 0.3 is 5.97 Å². The number of guanidine groups is 1. The molecule has 0 aromatic rings. The summed E-state index contributed by atoms with van der Waals surface area (Å²) in [4.78, 5) is 13.5. The van der Waals surface area contributed by atoms with Crippen molar-refractivity contribution in [2.45, 2.75) is 12.8 Å². The van der Waals surface area contributed by atoms with E-state index in [0.717, 1.165) is 0 Å². The van der Waals surface area contributed by atoms with Gasteiger partial charge in [-0.05, 0) is 6.42 Å². The van der Waals surface area contributed by atoms with Crippen LogP contribution in [0.4, 0.5) is 0 Å². The fourth-order valence-electron chi connectivity index (χ4n) is 0.438. The predicted molar refractivity (Wildman–Crippen MR) is 41.2 cm³/mol. The van der Waals surface area contributed by atoms with Crippen molar-refractivity contribution in [3.8, 4) is 0 Å². The van der Waals surface area contributed by atoms with Crippen molar-refractivity contribution in [3.05, 3.63) is 0 Å². The van der Waals surface area contributed by atoms with Crippen LogP contribution in [0.2, 0.25) is 0 Å². The van der Waals surface area contributed by atoms with Gasteiger partial charge in [0.2, 0.25) is 0 Å². The zero-order valence-electron chi connectivity index (χ0n) is 6.08. The number of carboxylic acid groups (broad SMARTS) is 1. The molecule has 6 nitrogen and oxygen atoms in total. The van der Waals surface area contributed by atoms with Crippen molar-refractivity contribution in [1.29, 1.82) is 0 Å². The van der Waals surface area contributed by atoms with Crippen molar-refractivity contribution < 1.29 is 15.4 Å². The Bertz CT molecular complexity index is 142. The Labute approximate surface area is 64.2 Å². The summed E-state index contributed by atoms with van der Waals surface area (Å²) in [6.45, 7) is 0.384. The molecule has 0 fully saturated rings. The summed E-state index contributed by atoms with van der Waals surface area (Å²) in [6, 6.07) is 0. The van der Waals surface area contributed by atoms with Crippen LogP contribution in [-0.4, -0.2) is 29.1 Å². The molecule has 0 aliphatic carbocycles. The minimum atomic E-state index is -0.828. The molecule has 0 aromatic heterocycles. The highest BCUT2D eigenvalue weighted by atomic mass is 16.4. The van der Waals surface area contributed by atoms with Crippen molar-refractivity contribution in [1.82, 2.24) is 0 Å².